The highest BCUT2D eigenvalue weighted by Gasteiger charge is 2.27. The molecule has 1 aliphatic rings. The monoisotopic (exact) mass is 417 g/mol. The molecule has 1 aliphatic heterocycles. The van der Waals surface area contributed by atoms with E-state index in [9.17, 15) is 18.0 Å². The molecule has 1 heterocycles. The SMILES string of the molecule is Cc1ccccc1OCC(=O)NNC(=O)c1ccc(S(=O)(=O)N2CCCC2)cc1. The van der Waals surface area contributed by atoms with Crippen molar-refractivity contribution >= 4 is 21.8 Å². The van der Waals surface area contributed by atoms with Crippen LogP contribution in [0, 0.1) is 6.92 Å². The standard InChI is InChI=1S/C20H23N3O5S/c1-15-6-2-3-7-18(15)28-14-19(24)21-22-20(25)16-8-10-17(11-9-16)29(26,27)23-12-4-5-13-23/h2-3,6-11H,4-5,12-14H2,1H3,(H,21,24)(H,22,25). The minimum absolute atomic E-state index is 0.145. The molecule has 1 fully saturated rings. The van der Waals surface area contributed by atoms with Gasteiger partial charge in [-0.05, 0) is 55.7 Å². The highest BCUT2D eigenvalue weighted by molar-refractivity contribution is 7.89. The largest absolute Gasteiger partial charge is 0.483 e. The summed E-state index contributed by atoms with van der Waals surface area (Å²) in [7, 11) is -3.53. The van der Waals surface area contributed by atoms with Gasteiger partial charge in [-0.25, -0.2) is 8.42 Å². The fourth-order valence-corrected chi connectivity index (χ4v) is 4.47. The summed E-state index contributed by atoms with van der Waals surface area (Å²) >= 11 is 0. The van der Waals surface area contributed by atoms with Crippen molar-refractivity contribution < 1.29 is 22.7 Å². The molecule has 29 heavy (non-hydrogen) atoms. The number of nitrogens with one attached hydrogen (secondary N) is 2. The first kappa shape index (κ1) is 20.8. The Labute approximate surface area is 169 Å². The van der Waals surface area contributed by atoms with Crippen LogP contribution in [0.5, 0.6) is 5.75 Å². The van der Waals surface area contributed by atoms with E-state index in [0.717, 1.165) is 18.4 Å². The quantitative estimate of drug-likeness (QED) is 0.695. The lowest BCUT2D eigenvalue weighted by atomic mass is 10.2. The number of benzene rings is 2. The summed E-state index contributed by atoms with van der Waals surface area (Å²) < 4.78 is 31.8. The predicted octanol–water partition coefficient (Wildman–Crippen LogP) is 1.62. The third-order valence-electron chi connectivity index (χ3n) is 4.59. The second kappa shape index (κ2) is 9.06. The number of hydrogen-bond donors (Lipinski definition) is 2. The van der Waals surface area contributed by atoms with Crippen molar-refractivity contribution in [3.63, 3.8) is 0 Å². The van der Waals surface area contributed by atoms with Crippen LogP contribution in [-0.2, 0) is 14.8 Å². The molecule has 2 aromatic rings. The van der Waals surface area contributed by atoms with Crippen molar-refractivity contribution in [1.29, 1.82) is 0 Å². The summed E-state index contributed by atoms with van der Waals surface area (Å²) in [6.07, 6.45) is 1.71. The molecule has 0 aliphatic carbocycles. The van der Waals surface area contributed by atoms with E-state index in [1.807, 2.05) is 19.1 Å². The minimum Gasteiger partial charge on any atom is -0.483 e. The molecule has 0 saturated carbocycles. The molecular formula is C20H23N3O5S. The van der Waals surface area contributed by atoms with E-state index < -0.39 is 21.8 Å². The predicted molar refractivity (Wildman–Crippen MR) is 107 cm³/mol. The first-order valence-electron chi connectivity index (χ1n) is 9.26. The molecule has 8 nitrogen and oxygen atoms in total. The van der Waals surface area contributed by atoms with Crippen molar-refractivity contribution in [2.45, 2.75) is 24.7 Å². The first-order chi connectivity index (χ1) is 13.9. The fraction of sp³-hybridized carbons (Fsp3) is 0.300. The Balaban J connectivity index is 1.51. The van der Waals surface area contributed by atoms with Crippen molar-refractivity contribution in [3.05, 3.63) is 59.7 Å². The molecule has 0 spiro atoms. The van der Waals surface area contributed by atoms with Gasteiger partial charge in [-0.15, -0.1) is 0 Å². The van der Waals surface area contributed by atoms with Crippen LogP contribution in [-0.4, -0.2) is 44.2 Å². The third-order valence-corrected chi connectivity index (χ3v) is 6.50. The van der Waals surface area contributed by atoms with Gasteiger partial charge in [0.15, 0.2) is 6.61 Å². The minimum atomic E-state index is -3.53. The van der Waals surface area contributed by atoms with Crippen LogP contribution in [0.2, 0.25) is 0 Å². The number of rotatable bonds is 6. The van der Waals surface area contributed by atoms with Gasteiger partial charge in [0.1, 0.15) is 5.75 Å². The summed E-state index contributed by atoms with van der Waals surface area (Å²) in [5.74, 6) is -0.488. The van der Waals surface area contributed by atoms with Gasteiger partial charge >= 0.3 is 0 Å². The number of amides is 2. The molecule has 2 amide bonds. The van der Waals surface area contributed by atoms with Crippen LogP contribution in [0.1, 0.15) is 28.8 Å². The molecule has 2 N–H and O–H groups in total. The van der Waals surface area contributed by atoms with E-state index in [1.54, 1.807) is 12.1 Å². The number of aryl methyl sites for hydroxylation is 1. The van der Waals surface area contributed by atoms with Gasteiger partial charge in [-0.1, -0.05) is 18.2 Å². The molecule has 0 radical (unpaired) electrons. The highest BCUT2D eigenvalue weighted by Crippen LogP contribution is 2.21. The first-order valence-corrected chi connectivity index (χ1v) is 10.7. The normalized spacial score (nSPS) is 14.4. The Kier molecular flexibility index (Phi) is 6.50. The molecular weight excluding hydrogens is 394 g/mol. The van der Waals surface area contributed by atoms with Gasteiger partial charge in [0.05, 0.1) is 4.90 Å². The second-order valence-corrected chi connectivity index (χ2v) is 8.63. The average Bonchev–Trinajstić information content (AvgIpc) is 3.27. The third kappa shape index (κ3) is 5.12. The molecule has 3 rings (SSSR count). The summed E-state index contributed by atoms with van der Waals surface area (Å²) in [5, 5.41) is 0. The number of ether oxygens (including phenoxy) is 1. The molecule has 2 aromatic carbocycles. The number of nitrogens with zero attached hydrogens (tertiary/aromatic N) is 1. The van der Waals surface area contributed by atoms with Crippen molar-refractivity contribution in [3.8, 4) is 5.75 Å². The molecule has 154 valence electrons. The number of hydrogen-bond acceptors (Lipinski definition) is 5. The van der Waals surface area contributed by atoms with Gasteiger partial charge in [0.25, 0.3) is 11.8 Å². The average molecular weight is 417 g/mol. The Morgan fingerprint density at radius 3 is 2.31 bits per heavy atom. The summed E-state index contributed by atoms with van der Waals surface area (Å²) in [4.78, 5) is 24.2. The molecule has 9 heteroatoms. The maximum atomic E-state index is 12.5. The summed E-state index contributed by atoms with van der Waals surface area (Å²) in [6.45, 7) is 2.64. The van der Waals surface area contributed by atoms with Gasteiger partial charge in [-0.3, -0.25) is 20.4 Å². The second-order valence-electron chi connectivity index (χ2n) is 6.69. The van der Waals surface area contributed by atoms with E-state index in [-0.39, 0.29) is 17.1 Å². The zero-order valence-electron chi connectivity index (χ0n) is 16.1. The van der Waals surface area contributed by atoms with Gasteiger partial charge < -0.3 is 4.74 Å². The molecule has 0 bridgehead atoms. The molecule has 0 atom stereocenters. The number of sulfonamides is 1. The maximum absolute atomic E-state index is 12.5. The Morgan fingerprint density at radius 1 is 1.00 bits per heavy atom. The van der Waals surface area contributed by atoms with Gasteiger partial charge in [0.2, 0.25) is 10.0 Å². The lowest BCUT2D eigenvalue weighted by molar-refractivity contribution is -0.123. The number of carbonyl (C=O) groups excluding carboxylic acids is 2. The molecule has 1 saturated heterocycles. The van der Waals surface area contributed by atoms with Crippen molar-refractivity contribution in [2.24, 2.45) is 0 Å². The summed E-state index contributed by atoms with van der Waals surface area (Å²) in [6, 6.07) is 12.9. The fourth-order valence-electron chi connectivity index (χ4n) is 2.95. The van der Waals surface area contributed by atoms with Crippen LogP contribution in [0.15, 0.2) is 53.4 Å². The van der Waals surface area contributed by atoms with E-state index in [2.05, 4.69) is 10.9 Å². The van der Waals surface area contributed by atoms with Crippen molar-refractivity contribution in [1.82, 2.24) is 15.2 Å². The van der Waals surface area contributed by atoms with Crippen LogP contribution in [0.25, 0.3) is 0 Å². The highest BCUT2D eigenvalue weighted by atomic mass is 32.2. The molecule has 0 aromatic heterocycles. The van der Waals surface area contributed by atoms with Crippen LogP contribution in [0.4, 0.5) is 0 Å². The lowest BCUT2D eigenvalue weighted by Gasteiger charge is -2.15. The van der Waals surface area contributed by atoms with E-state index in [1.165, 1.54) is 28.6 Å². The molecule has 0 unspecified atom stereocenters. The van der Waals surface area contributed by atoms with Crippen LogP contribution >= 0.6 is 0 Å². The van der Waals surface area contributed by atoms with Crippen molar-refractivity contribution in [2.75, 3.05) is 19.7 Å². The smallest absolute Gasteiger partial charge is 0.276 e. The lowest BCUT2D eigenvalue weighted by Crippen LogP contribution is -2.43. The topological polar surface area (TPSA) is 105 Å². The maximum Gasteiger partial charge on any atom is 0.276 e. The summed E-state index contributed by atoms with van der Waals surface area (Å²) in [5.41, 5.74) is 5.68. The van der Waals surface area contributed by atoms with E-state index >= 15 is 0 Å². The Bertz CT molecular complexity index is 983. The van der Waals surface area contributed by atoms with E-state index in [0.29, 0.717) is 18.8 Å². The zero-order valence-corrected chi connectivity index (χ0v) is 16.9. The van der Waals surface area contributed by atoms with E-state index in [4.69, 9.17) is 4.74 Å². The van der Waals surface area contributed by atoms with Gasteiger partial charge in [-0.2, -0.15) is 4.31 Å². The van der Waals surface area contributed by atoms with Gasteiger partial charge in [0, 0.05) is 18.7 Å². The zero-order chi connectivity index (χ0) is 20.9. The van der Waals surface area contributed by atoms with Crippen LogP contribution in [0.3, 0.4) is 0 Å². The number of carbonyl (C=O) groups is 2. The van der Waals surface area contributed by atoms with Crippen LogP contribution < -0.4 is 15.6 Å². The number of para-hydroxylation sites is 1. The Hall–Kier alpha value is -2.91. The number of hydrazine groups is 1. The Morgan fingerprint density at radius 2 is 1.66 bits per heavy atom.